The van der Waals surface area contributed by atoms with Crippen LogP contribution in [0.2, 0.25) is 0 Å². The van der Waals surface area contributed by atoms with Crippen LogP contribution >= 0.6 is 11.3 Å². The number of anilines is 2. The van der Waals surface area contributed by atoms with Crippen molar-refractivity contribution < 1.29 is 4.79 Å². The third kappa shape index (κ3) is 4.45. The number of nitrogens with zero attached hydrogens (tertiary/aromatic N) is 2. The lowest BCUT2D eigenvalue weighted by Crippen LogP contribution is -2.30. The van der Waals surface area contributed by atoms with Gasteiger partial charge in [0.1, 0.15) is 5.82 Å². The number of nitrogens with one attached hydrogen (secondary N) is 1. The third-order valence-corrected chi connectivity index (χ3v) is 4.75. The number of hydrogen-bond donors (Lipinski definition) is 1. The lowest BCUT2D eigenvalue weighted by atomic mass is 10.1. The molecule has 2 heterocycles. The van der Waals surface area contributed by atoms with Crippen molar-refractivity contribution in [2.75, 3.05) is 10.2 Å². The maximum absolute atomic E-state index is 12.1. The highest BCUT2D eigenvalue weighted by Gasteiger charge is 2.13. The minimum absolute atomic E-state index is 0.125. The van der Waals surface area contributed by atoms with E-state index in [4.69, 9.17) is 0 Å². The van der Waals surface area contributed by atoms with Crippen LogP contribution in [0.3, 0.4) is 0 Å². The largest absolute Gasteiger partial charge is 0.364 e. The molecule has 1 aromatic carbocycles. The van der Waals surface area contributed by atoms with Crippen LogP contribution < -0.4 is 10.2 Å². The summed E-state index contributed by atoms with van der Waals surface area (Å²) in [5, 5.41) is 4.72. The molecule has 1 amide bonds. The maximum atomic E-state index is 12.1. The van der Waals surface area contributed by atoms with Gasteiger partial charge in [0, 0.05) is 12.6 Å². The van der Waals surface area contributed by atoms with Gasteiger partial charge >= 0.3 is 0 Å². The molecular weight excluding hydrogens is 330 g/mol. The summed E-state index contributed by atoms with van der Waals surface area (Å²) in [5.41, 5.74) is 2.29. The Morgan fingerprint density at radius 2 is 1.92 bits per heavy atom. The van der Waals surface area contributed by atoms with Gasteiger partial charge in [-0.3, -0.25) is 4.79 Å². The van der Waals surface area contributed by atoms with Gasteiger partial charge in [-0.1, -0.05) is 36.4 Å². The second-order valence-electron chi connectivity index (χ2n) is 6.04. The molecule has 3 aromatic rings. The van der Waals surface area contributed by atoms with Crippen LogP contribution in [0.5, 0.6) is 0 Å². The van der Waals surface area contributed by atoms with E-state index >= 15 is 0 Å². The fourth-order valence-electron chi connectivity index (χ4n) is 2.57. The van der Waals surface area contributed by atoms with Crippen molar-refractivity contribution in [3.63, 3.8) is 0 Å². The number of benzene rings is 1. The number of aromatic nitrogens is 1. The number of amides is 1. The van der Waals surface area contributed by atoms with Crippen molar-refractivity contribution in [3.05, 3.63) is 76.6 Å². The second kappa shape index (κ2) is 7.94. The van der Waals surface area contributed by atoms with E-state index < -0.39 is 0 Å². The van der Waals surface area contributed by atoms with Crippen molar-refractivity contribution in [3.8, 4) is 0 Å². The zero-order valence-corrected chi connectivity index (χ0v) is 15.2. The molecule has 0 bridgehead atoms. The summed E-state index contributed by atoms with van der Waals surface area (Å²) < 4.78 is 0. The highest BCUT2D eigenvalue weighted by atomic mass is 32.1. The van der Waals surface area contributed by atoms with Crippen molar-refractivity contribution in [1.82, 2.24) is 4.98 Å². The fourth-order valence-corrected chi connectivity index (χ4v) is 3.19. The molecular formula is C20H21N3OS. The first-order valence-electron chi connectivity index (χ1n) is 8.25. The minimum atomic E-state index is -0.125. The van der Waals surface area contributed by atoms with Crippen LogP contribution in [0.1, 0.15) is 29.1 Å². The molecule has 0 aliphatic rings. The number of thiophene rings is 1. The summed E-state index contributed by atoms with van der Waals surface area (Å²) in [7, 11) is 0. The molecule has 5 heteroatoms. The quantitative estimate of drug-likeness (QED) is 0.693. The minimum Gasteiger partial charge on any atom is -0.364 e. The van der Waals surface area contributed by atoms with Crippen LogP contribution in [0.15, 0.2) is 66.2 Å². The molecule has 25 heavy (non-hydrogen) atoms. The van der Waals surface area contributed by atoms with E-state index in [1.54, 1.807) is 6.07 Å². The molecule has 0 unspecified atom stereocenters. The van der Waals surface area contributed by atoms with Crippen LogP contribution in [-0.4, -0.2) is 16.9 Å². The number of rotatable bonds is 6. The Morgan fingerprint density at radius 1 is 1.12 bits per heavy atom. The fraction of sp³-hybridized carbons (Fsp3) is 0.200. The third-order valence-electron chi connectivity index (χ3n) is 3.89. The zero-order chi connectivity index (χ0) is 17.6. The van der Waals surface area contributed by atoms with Gasteiger partial charge in [0.2, 0.25) is 0 Å². The molecule has 4 nitrogen and oxygen atoms in total. The molecule has 0 atom stereocenters. The van der Waals surface area contributed by atoms with Gasteiger partial charge in [-0.2, -0.15) is 0 Å². The van der Waals surface area contributed by atoms with Gasteiger partial charge in [-0.05, 0) is 43.0 Å². The van der Waals surface area contributed by atoms with Crippen LogP contribution in [-0.2, 0) is 6.54 Å². The first-order chi connectivity index (χ1) is 12.1. The summed E-state index contributed by atoms with van der Waals surface area (Å²) in [6, 6.07) is 18.2. The van der Waals surface area contributed by atoms with Crippen LogP contribution in [0.25, 0.3) is 0 Å². The van der Waals surface area contributed by atoms with Gasteiger partial charge in [0.25, 0.3) is 5.91 Å². The Hall–Kier alpha value is -2.66. The molecule has 128 valence electrons. The Kier molecular flexibility index (Phi) is 5.46. The van der Waals surface area contributed by atoms with Gasteiger partial charge in [-0.25, -0.2) is 4.98 Å². The topological polar surface area (TPSA) is 45.2 Å². The smallest absolute Gasteiger partial charge is 0.266 e. The van der Waals surface area contributed by atoms with Crippen LogP contribution in [0, 0.1) is 0 Å². The summed E-state index contributed by atoms with van der Waals surface area (Å²) in [5.74, 6) is 0.436. The zero-order valence-electron chi connectivity index (χ0n) is 14.3. The Labute approximate surface area is 152 Å². The highest BCUT2D eigenvalue weighted by Crippen LogP contribution is 2.21. The van der Waals surface area contributed by atoms with Crippen LogP contribution in [0.4, 0.5) is 11.5 Å². The predicted octanol–water partition coefficient (Wildman–Crippen LogP) is 4.81. The molecule has 0 saturated heterocycles. The Balaban J connectivity index is 1.72. The Morgan fingerprint density at radius 3 is 2.52 bits per heavy atom. The molecule has 2 aromatic heterocycles. The second-order valence-corrected chi connectivity index (χ2v) is 6.99. The SMILES string of the molecule is CC(C)N(Cc1ccccc1)c1ccc(NC(=O)c2cccs2)nc1. The van der Waals surface area contributed by atoms with E-state index in [9.17, 15) is 4.79 Å². The number of carbonyl (C=O) groups is 1. The molecule has 0 fully saturated rings. The van der Waals surface area contributed by atoms with E-state index in [-0.39, 0.29) is 5.91 Å². The van der Waals surface area contributed by atoms with E-state index in [1.165, 1.54) is 16.9 Å². The molecule has 0 aliphatic carbocycles. The monoisotopic (exact) mass is 351 g/mol. The van der Waals surface area contributed by atoms with Crippen molar-refractivity contribution in [2.45, 2.75) is 26.4 Å². The molecule has 1 N–H and O–H groups in total. The molecule has 0 aliphatic heterocycles. The van der Waals surface area contributed by atoms with E-state index in [0.29, 0.717) is 16.7 Å². The first kappa shape index (κ1) is 17.2. The molecule has 0 spiro atoms. The Bertz CT molecular complexity index is 799. The lowest BCUT2D eigenvalue weighted by Gasteiger charge is -2.29. The average molecular weight is 351 g/mol. The molecule has 0 radical (unpaired) electrons. The van der Waals surface area contributed by atoms with Gasteiger partial charge in [-0.15, -0.1) is 11.3 Å². The average Bonchev–Trinajstić information content (AvgIpc) is 3.16. The van der Waals surface area contributed by atoms with Crippen molar-refractivity contribution in [1.29, 1.82) is 0 Å². The summed E-state index contributed by atoms with van der Waals surface area (Å²) in [6.45, 7) is 5.14. The van der Waals surface area contributed by atoms with Gasteiger partial charge < -0.3 is 10.2 Å². The summed E-state index contributed by atoms with van der Waals surface area (Å²) in [6.07, 6.45) is 1.81. The standard InChI is InChI=1S/C20H21N3OS/c1-15(2)23(14-16-7-4-3-5-8-16)17-10-11-19(21-13-17)22-20(24)18-9-6-12-25-18/h3-13,15H,14H2,1-2H3,(H,21,22,24). The predicted molar refractivity (Wildman–Crippen MR) is 104 cm³/mol. The summed E-state index contributed by atoms with van der Waals surface area (Å²) in [4.78, 5) is 19.5. The highest BCUT2D eigenvalue weighted by molar-refractivity contribution is 7.12. The number of hydrogen-bond acceptors (Lipinski definition) is 4. The summed E-state index contributed by atoms with van der Waals surface area (Å²) >= 11 is 1.42. The van der Waals surface area contributed by atoms with E-state index in [2.05, 4.69) is 53.3 Å². The maximum Gasteiger partial charge on any atom is 0.266 e. The van der Waals surface area contributed by atoms with E-state index in [1.807, 2.05) is 35.8 Å². The van der Waals surface area contributed by atoms with Crippen molar-refractivity contribution >= 4 is 28.7 Å². The normalized spacial score (nSPS) is 10.7. The van der Waals surface area contributed by atoms with Gasteiger partial charge in [0.05, 0.1) is 16.8 Å². The number of pyridine rings is 1. The lowest BCUT2D eigenvalue weighted by molar-refractivity contribution is 0.103. The van der Waals surface area contributed by atoms with Crippen molar-refractivity contribution in [2.24, 2.45) is 0 Å². The number of carbonyl (C=O) groups excluding carboxylic acids is 1. The van der Waals surface area contributed by atoms with E-state index in [0.717, 1.165) is 12.2 Å². The molecule has 0 saturated carbocycles. The first-order valence-corrected chi connectivity index (χ1v) is 9.13. The molecule has 3 rings (SSSR count). The van der Waals surface area contributed by atoms with Gasteiger partial charge in [0.15, 0.2) is 0 Å².